The molecule has 3 nitrogen and oxygen atoms in total. The number of hydrogen-bond acceptors (Lipinski definition) is 3. The third-order valence-electron chi connectivity index (χ3n) is 3.76. The van der Waals surface area contributed by atoms with E-state index in [0.717, 1.165) is 19.0 Å². The summed E-state index contributed by atoms with van der Waals surface area (Å²) in [5.74, 6) is 2.11. The minimum Gasteiger partial charge on any atom is -0.349 e. The number of aliphatic imine (C=N–C) groups is 1. The molecule has 0 aromatic rings. The Hall–Kier alpha value is -0.730. The topological polar surface area (TPSA) is 18.8 Å². The van der Waals surface area contributed by atoms with Gasteiger partial charge < -0.3 is 9.80 Å². The molecule has 0 aromatic heterocycles. The van der Waals surface area contributed by atoms with Crippen molar-refractivity contribution in [2.75, 3.05) is 33.7 Å². The Labute approximate surface area is 99.5 Å². The van der Waals surface area contributed by atoms with Crippen LogP contribution in [0.2, 0.25) is 0 Å². The summed E-state index contributed by atoms with van der Waals surface area (Å²) in [5.41, 5.74) is 0. The second-order valence-corrected chi connectivity index (χ2v) is 5.38. The molecule has 1 heterocycles. The third-order valence-corrected chi connectivity index (χ3v) is 3.76. The lowest BCUT2D eigenvalue weighted by atomic mass is 10.00. The normalized spacial score (nSPS) is 23.1. The Morgan fingerprint density at radius 2 is 1.88 bits per heavy atom. The van der Waals surface area contributed by atoms with E-state index in [-0.39, 0.29) is 0 Å². The van der Waals surface area contributed by atoms with Gasteiger partial charge in [-0.2, -0.15) is 0 Å². The van der Waals surface area contributed by atoms with Gasteiger partial charge in [-0.15, -0.1) is 0 Å². The van der Waals surface area contributed by atoms with Gasteiger partial charge in [-0.25, -0.2) is 0 Å². The second kappa shape index (κ2) is 5.55. The molecule has 16 heavy (non-hydrogen) atoms. The maximum atomic E-state index is 4.57. The molecule has 1 aliphatic heterocycles. The molecule has 0 atom stereocenters. The number of guanidine groups is 1. The fraction of sp³-hybridized carbons (Fsp3) is 0.923. The average Bonchev–Trinajstić information content (AvgIpc) is 2.55. The minimum atomic E-state index is 0.908. The molecule has 2 aliphatic rings. The molecular formula is C13H25N3. The van der Waals surface area contributed by atoms with Crippen molar-refractivity contribution in [3.05, 3.63) is 0 Å². The van der Waals surface area contributed by atoms with Gasteiger partial charge in [0.25, 0.3) is 0 Å². The van der Waals surface area contributed by atoms with Crippen molar-refractivity contribution < 1.29 is 0 Å². The van der Waals surface area contributed by atoms with Crippen molar-refractivity contribution >= 4 is 5.96 Å². The standard InChI is InChI=1S/C13H25N3/c1-15(2)13-14-9-10-16(13)11-12-7-5-3-4-6-8-12/h12H,3-11H2,1-2H3. The van der Waals surface area contributed by atoms with E-state index in [1.54, 1.807) is 0 Å². The van der Waals surface area contributed by atoms with Gasteiger partial charge in [0.2, 0.25) is 0 Å². The lowest BCUT2D eigenvalue weighted by Crippen LogP contribution is -2.40. The highest BCUT2D eigenvalue weighted by Crippen LogP contribution is 2.24. The zero-order valence-corrected chi connectivity index (χ0v) is 10.8. The monoisotopic (exact) mass is 223 g/mol. The molecule has 0 bridgehead atoms. The fourth-order valence-electron chi connectivity index (χ4n) is 2.93. The molecule has 1 aliphatic carbocycles. The highest BCUT2D eigenvalue weighted by molar-refractivity contribution is 5.81. The maximum Gasteiger partial charge on any atom is 0.196 e. The van der Waals surface area contributed by atoms with Crippen LogP contribution in [0.25, 0.3) is 0 Å². The van der Waals surface area contributed by atoms with Crippen LogP contribution in [0, 0.1) is 5.92 Å². The Morgan fingerprint density at radius 1 is 1.19 bits per heavy atom. The van der Waals surface area contributed by atoms with E-state index in [1.807, 2.05) is 0 Å². The van der Waals surface area contributed by atoms with Crippen molar-refractivity contribution in [1.29, 1.82) is 0 Å². The van der Waals surface area contributed by atoms with Crippen LogP contribution in [0.4, 0.5) is 0 Å². The first-order valence-electron chi connectivity index (χ1n) is 6.74. The molecule has 0 unspecified atom stereocenters. The first-order valence-corrected chi connectivity index (χ1v) is 6.74. The Bertz CT molecular complexity index is 240. The summed E-state index contributed by atoms with van der Waals surface area (Å²) in [6.45, 7) is 3.35. The van der Waals surface area contributed by atoms with E-state index in [4.69, 9.17) is 0 Å². The summed E-state index contributed by atoms with van der Waals surface area (Å²) in [4.78, 5) is 9.21. The van der Waals surface area contributed by atoms with Gasteiger partial charge in [0.15, 0.2) is 5.96 Å². The van der Waals surface area contributed by atoms with Crippen molar-refractivity contribution in [3.63, 3.8) is 0 Å². The van der Waals surface area contributed by atoms with Crippen LogP contribution in [-0.2, 0) is 0 Å². The van der Waals surface area contributed by atoms with Crippen molar-refractivity contribution in [2.24, 2.45) is 10.9 Å². The van der Waals surface area contributed by atoms with Gasteiger partial charge in [0.05, 0.1) is 6.54 Å². The van der Waals surface area contributed by atoms with Gasteiger partial charge >= 0.3 is 0 Å². The first-order chi connectivity index (χ1) is 7.77. The van der Waals surface area contributed by atoms with Crippen LogP contribution in [0.3, 0.4) is 0 Å². The Balaban J connectivity index is 1.86. The smallest absolute Gasteiger partial charge is 0.196 e. The van der Waals surface area contributed by atoms with Gasteiger partial charge in [-0.05, 0) is 18.8 Å². The van der Waals surface area contributed by atoms with Crippen molar-refractivity contribution in [2.45, 2.75) is 38.5 Å². The summed E-state index contributed by atoms with van der Waals surface area (Å²) in [7, 11) is 4.20. The molecule has 0 aromatic carbocycles. The predicted molar refractivity (Wildman–Crippen MR) is 68.8 cm³/mol. The van der Waals surface area contributed by atoms with Gasteiger partial charge in [-0.3, -0.25) is 4.99 Å². The molecule has 1 saturated carbocycles. The van der Waals surface area contributed by atoms with E-state index in [2.05, 4.69) is 28.9 Å². The molecule has 0 saturated heterocycles. The van der Waals surface area contributed by atoms with E-state index in [1.165, 1.54) is 51.0 Å². The van der Waals surface area contributed by atoms with Crippen molar-refractivity contribution in [1.82, 2.24) is 9.80 Å². The Kier molecular flexibility index (Phi) is 4.08. The predicted octanol–water partition coefficient (Wildman–Crippen LogP) is 2.19. The van der Waals surface area contributed by atoms with Crippen LogP contribution < -0.4 is 0 Å². The lowest BCUT2D eigenvalue weighted by Gasteiger charge is -2.28. The summed E-state index contributed by atoms with van der Waals surface area (Å²) in [6.07, 6.45) is 8.63. The molecule has 3 heteroatoms. The summed E-state index contributed by atoms with van der Waals surface area (Å²) in [5, 5.41) is 0. The summed E-state index contributed by atoms with van der Waals surface area (Å²) in [6, 6.07) is 0. The van der Waals surface area contributed by atoms with Crippen LogP contribution in [0.5, 0.6) is 0 Å². The first kappa shape index (κ1) is 11.7. The summed E-state index contributed by atoms with van der Waals surface area (Å²) >= 11 is 0. The number of hydrogen-bond donors (Lipinski definition) is 0. The maximum absolute atomic E-state index is 4.57. The van der Waals surface area contributed by atoms with Crippen LogP contribution >= 0.6 is 0 Å². The van der Waals surface area contributed by atoms with Crippen LogP contribution in [-0.4, -0.2) is 49.5 Å². The third kappa shape index (κ3) is 2.89. The zero-order valence-electron chi connectivity index (χ0n) is 10.8. The number of nitrogens with zero attached hydrogens (tertiary/aromatic N) is 3. The van der Waals surface area contributed by atoms with Gasteiger partial charge in [0, 0.05) is 27.2 Å². The zero-order chi connectivity index (χ0) is 11.4. The van der Waals surface area contributed by atoms with E-state index in [9.17, 15) is 0 Å². The SMILES string of the molecule is CN(C)C1=NCCN1CC1CCCCCC1. The van der Waals surface area contributed by atoms with E-state index < -0.39 is 0 Å². The minimum absolute atomic E-state index is 0.908. The molecule has 0 radical (unpaired) electrons. The molecular weight excluding hydrogens is 198 g/mol. The molecule has 2 rings (SSSR count). The number of rotatable bonds is 2. The molecule has 0 N–H and O–H groups in total. The highest BCUT2D eigenvalue weighted by atomic mass is 15.4. The largest absolute Gasteiger partial charge is 0.349 e. The lowest BCUT2D eigenvalue weighted by molar-refractivity contribution is 0.310. The van der Waals surface area contributed by atoms with Gasteiger partial charge in [-0.1, -0.05) is 25.7 Å². The average molecular weight is 223 g/mol. The van der Waals surface area contributed by atoms with Crippen molar-refractivity contribution in [3.8, 4) is 0 Å². The van der Waals surface area contributed by atoms with Gasteiger partial charge in [0.1, 0.15) is 0 Å². The quantitative estimate of drug-likeness (QED) is 0.668. The molecule has 92 valence electrons. The second-order valence-electron chi connectivity index (χ2n) is 5.38. The molecule has 0 amide bonds. The molecule has 1 fully saturated rings. The highest BCUT2D eigenvalue weighted by Gasteiger charge is 2.22. The van der Waals surface area contributed by atoms with E-state index in [0.29, 0.717) is 0 Å². The van der Waals surface area contributed by atoms with Crippen LogP contribution in [0.15, 0.2) is 4.99 Å². The summed E-state index contributed by atoms with van der Waals surface area (Å²) < 4.78 is 0. The van der Waals surface area contributed by atoms with E-state index >= 15 is 0 Å². The molecule has 0 spiro atoms. The Morgan fingerprint density at radius 3 is 2.50 bits per heavy atom. The van der Waals surface area contributed by atoms with Crippen LogP contribution in [0.1, 0.15) is 38.5 Å². The fourth-order valence-corrected chi connectivity index (χ4v) is 2.93.